The van der Waals surface area contributed by atoms with E-state index in [1.54, 1.807) is 6.07 Å². The lowest BCUT2D eigenvalue weighted by Crippen LogP contribution is -2.45. The van der Waals surface area contributed by atoms with E-state index in [2.05, 4.69) is 15.9 Å². The summed E-state index contributed by atoms with van der Waals surface area (Å²) in [5.74, 6) is 0. The van der Waals surface area contributed by atoms with Gasteiger partial charge in [0.15, 0.2) is 0 Å². The molecule has 0 saturated carbocycles. The number of nitrogens with zero attached hydrogens (tertiary/aromatic N) is 4. The molecule has 106 valence electrons. The van der Waals surface area contributed by atoms with E-state index >= 15 is 0 Å². The maximum absolute atomic E-state index is 11.0. The van der Waals surface area contributed by atoms with Crippen molar-refractivity contribution < 1.29 is 4.92 Å². The van der Waals surface area contributed by atoms with Crippen molar-refractivity contribution in [2.45, 2.75) is 6.54 Å². The summed E-state index contributed by atoms with van der Waals surface area (Å²) in [4.78, 5) is 14.9. The molecule has 1 saturated heterocycles. The molecule has 0 spiro atoms. The first kappa shape index (κ1) is 14.7. The Bertz CT molecular complexity index is 536. The third-order valence-electron chi connectivity index (χ3n) is 3.39. The number of nitriles is 1. The number of halogens is 1. The monoisotopic (exact) mass is 294 g/mol. The molecule has 1 heterocycles. The summed E-state index contributed by atoms with van der Waals surface area (Å²) < 4.78 is 0. The maximum Gasteiger partial charge on any atom is 0.273 e. The first-order valence-corrected chi connectivity index (χ1v) is 6.72. The average molecular weight is 295 g/mol. The topological polar surface area (TPSA) is 73.4 Å². The summed E-state index contributed by atoms with van der Waals surface area (Å²) in [5.41, 5.74) is 0.741. The predicted octanol–water partition coefficient (Wildman–Crippen LogP) is 1.89. The van der Waals surface area contributed by atoms with Crippen LogP contribution in [0.5, 0.6) is 0 Å². The second-order valence-corrected chi connectivity index (χ2v) is 5.18. The zero-order valence-corrected chi connectivity index (χ0v) is 11.7. The Morgan fingerprint density at radius 2 is 1.95 bits per heavy atom. The van der Waals surface area contributed by atoms with Gasteiger partial charge in [0.05, 0.1) is 17.5 Å². The molecular formula is C13H15ClN4O2. The van der Waals surface area contributed by atoms with Crippen LogP contribution in [-0.2, 0) is 6.54 Å². The molecule has 1 aliphatic heterocycles. The van der Waals surface area contributed by atoms with E-state index in [0.29, 0.717) is 23.7 Å². The summed E-state index contributed by atoms with van der Waals surface area (Å²) in [6.07, 6.45) is 0. The molecule has 0 N–H and O–H groups in total. The van der Waals surface area contributed by atoms with E-state index in [-0.39, 0.29) is 10.6 Å². The molecule has 0 aromatic heterocycles. The molecule has 0 aliphatic carbocycles. The Balaban J connectivity index is 2.02. The van der Waals surface area contributed by atoms with Crippen LogP contribution >= 0.6 is 11.6 Å². The lowest BCUT2D eigenvalue weighted by atomic mass is 10.1. The second-order valence-electron chi connectivity index (χ2n) is 4.74. The highest BCUT2D eigenvalue weighted by molar-refractivity contribution is 6.30. The molecular weight excluding hydrogens is 280 g/mol. The van der Waals surface area contributed by atoms with E-state index in [9.17, 15) is 10.1 Å². The number of nitro groups is 1. The van der Waals surface area contributed by atoms with Crippen LogP contribution in [0.3, 0.4) is 0 Å². The zero-order valence-electron chi connectivity index (χ0n) is 11.0. The van der Waals surface area contributed by atoms with Gasteiger partial charge in [0.25, 0.3) is 5.69 Å². The Hall–Kier alpha value is -1.68. The van der Waals surface area contributed by atoms with Gasteiger partial charge in [-0.1, -0.05) is 11.6 Å². The molecule has 1 aromatic rings. The number of benzene rings is 1. The van der Waals surface area contributed by atoms with Crippen molar-refractivity contribution in [2.75, 3.05) is 32.7 Å². The minimum absolute atomic E-state index is 0.105. The number of hydrogen-bond donors (Lipinski definition) is 0. The smallest absolute Gasteiger partial charge is 0.273 e. The van der Waals surface area contributed by atoms with Crippen molar-refractivity contribution in [3.8, 4) is 6.07 Å². The summed E-state index contributed by atoms with van der Waals surface area (Å²) in [6.45, 7) is 4.16. The van der Waals surface area contributed by atoms with Gasteiger partial charge < -0.3 is 0 Å². The van der Waals surface area contributed by atoms with E-state index in [0.717, 1.165) is 26.2 Å². The molecule has 7 heteroatoms. The van der Waals surface area contributed by atoms with Crippen LogP contribution in [-0.4, -0.2) is 47.4 Å². The van der Waals surface area contributed by atoms with Gasteiger partial charge in [-0.2, -0.15) is 5.26 Å². The zero-order chi connectivity index (χ0) is 14.5. The average Bonchev–Trinajstić information content (AvgIpc) is 2.41. The second kappa shape index (κ2) is 6.66. The molecule has 2 rings (SSSR count). The number of piperazine rings is 1. The number of rotatable bonds is 4. The maximum atomic E-state index is 11.0. The number of hydrogen-bond acceptors (Lipinski definition) is 5. The van der Waals surface area contributed by atoms with Crippen LogP contribution in [0.25, 0.3) is 0 Å². The first-order chi connectivity index (χ1) is 9.60. The fourth-order valence-electron chi connectivity index (χ4n) is 2.31. The van der Waals surface area contributed by atoms with Crippen LogP contribution in [0.2, 0.25) is 5.02 Å². The third-order valence-corrected chi connectivity index (χ3v) is 3.63. The molecule has 0 unspecified atom stereocenters. The minimum atomic E-state index is -0.377. The lowest BCUT2D eigenvalue weighted by Gasteiger charge is -2.33. The van der Waals surface area contributed by atoms with Gasteiger partial charge in [-0.3, -0.25) is 19.9 Å². The van der Waals surface area contributed by atoms with Crippen molar-refractivity contribution in [3.63, 3.8) is 0 Å². The normalized spacial score (nSPS) is 16.8. The largest absolute Gasteiger partial charge is 0.296 e. The van der Waals surface area contributed by atoms with Gasteiger partial charge in [-0.05, 0) is 12.1 Å². The molecule has 6 nitrogen and oxygen atoms in total. The third kappa shape index (κ3) is 3.67. The fraction of sp³-hybridized carbons (Fsp3) is 0.462. The highest BCUT2D eigenvalue weighted by atomic mass is 35.5. The lowest BCUT2D eigenvalue weighted by molar-refractivity contribution is -0.385. The molecule has 0 radical (unpaired) electrons. The molecule has 0 atom stereocenters. The van der Waals surface area contributed by atoms with E-state index in [1.165, 1.54) is 12.1 Å². The fourth-order valence-corrected chi connectivity index (χ4v) is 2.50. The van der Waals surface area contributed by atoms with Gasteiger partial charge in [-0.15, -0.1) is 0 Å². The van der Waals surface area contributed by atoms with Crippen molar-refractivity contribution in [2.24, 2.45) is 0 Å². The number of nitro benzene ring substituents is 1. The Morgan fingerprint density at radius 3 is 2.55 bits per heavy atom. The van der Waals surface area contributed by atoms with E-state index < -0.39 is 0 Å². The van der Waals surface area contributed by atoms with Gasteiger partial charge in [0.2, 0.25) is 0 Å². The highest BCUT2D eigenvalue weighted by Crippen LogP contribution is 2.24. The van der Waals surface area contributed by atoms with Crippen LogP contribution in [0.4, 0.5) is 5.69 Å². The SMILES string of the molecule is N#CCN1CCN(Cc2cc(Cl)ccc2[N+](=O)[O-])CC1. The van der Waals surface area contributed by atoms with Gasteiger partial charge in [0.1, 0.15) is 0 Å². The minimum Gasteiger partial charge on any atom is -0.296 e. The molecule has 0 amide bonds. The van der Waals surface area contributed by atoms with Gasteiger partial charge >= 0.3 is 0 Å². The summed E-state index contributed by atoms with van der Waals surface area (Å²) in [6, 6.07) is 6.77. The van der Waals surface area contributed by atoms with Crippen molar-refractivity contribution >= 4 is 17.3 Å². The molecule has 20 heavy (non-hydrogen) atoms. The van der Waals surface area contributed by atoms with Gasteiger partial charge in [-0.25, -0.2) is 0 Å². The first-order valence-electron chi connectivity index (χ1n) is 6.34. The van der Waals surface area contributed by atoms with Crippen molar-refractivity contribution in [1.29, 1.82) is 5.26 Å². The molecule has 1 aliphatic rings. The molecule has 1 aromatic carbocycles. The summed E-state index contributed by atoms with van der Waals surface area (Å²) in [7, 11) is 0. The van der Waals surface area contributed by atoms with E-state index in [4.69, 9.17) is 16.9 Å². The van der Waals surface area contributed by atoms with Crippen LogP contribution in [0, 0.1) is 21.4 Å². The predicted molar refractivity (Wildman–Crippen MR) is 75.4 cm³/mol. The highest BCUT2D eigenvalue weighted by Gasteiger charge is 2.20. The van der Waals surface area contributed by atoms with Crippen LogP contribution in [0.15, 0.2) is 18.2 Å². The quantitative estimate of drug-likeness (QED) is 0.482. The Kier molecular flexibility index (Phi) is 4.90. The standard InChI is InChI=1S/C13H15ClN4O2/c14-12-1-2-13(18(19)20)11(9-12)10-17-7-5-16(4-3-15)6-8-17/h1-2,9H,4-8,10H2. The molecule has 0 bridgehead atoms. The summed E-state index contributed by atoms with van der Waals surface area (Å²) >= 11 is 5.92. The van der Waals surface area contributed by atoms with Crippen molar-refractivity contribution in [3.05, 3.63) is 38.9 Å². The van der Waals surface area contributed by atoms with Crippen LogP contribution in [0.1, 0.15) is 5.56 Å². The summed E-state index contributed by atoms with van der Waals surface area (Å²) in [5, 5.41) is 20.2. The van der Waals surface area contributed by atoms with Gasteiger partial charge in [0, 0.05) is 49.4 Å². The molecule has 1 fully saturated rings. The Labute approximate surface area is 122 Å². The van der Waals surface area contributed by atoms with E-state index in [1.807, 2.05) is 0 Å². The Morgan fingerprint density at radius 1 is 1.30 bits per heavy atom. The van der Waals surface area contributed by atoms with Crippen LogP contribution < -0.4 is 0 Å². The van der Waals surface area contributed by atoms with Crippen molar-refractivity contribution in [1.82, 2.24) is 9.80 Å².